The third-order valence-corrected chi connectivity index (χ3v) is 3.22. The van der Waals surface area contributed by atoms with Crippen molar-refractivity contribution in [2.75, 3.05) is 0 Å². The van der Waals surface area contributed by atoms with Crippen LogP contribution < -0.4 is 5.32 Å². The number of amides is 1. The summed E-state index contributed by atoms with van der Waals surface area (Å²) in [6.45, 7) is 1.72. The molecule has 7 heteroatoms. The van der Waals surface area contributed by atoms with Gasteiger partial charge in [0.25, 0.3) is 0 Å². The molecule has 0 radical (unpaired) electrons. The third kappa shape index (κ3) is 3.75. The predicted molar refractivity (Wildman–Crippen MR) is 84.0 cm³/mol. The molecule has 0 bridgehead atoms. The predicted octanol–water partition coefficient (Wildman–Crippen LogP) is 3.36. The molecule has 1 aromatic carbocycles. The normalized spacial score (nSPS) is 12.4. The molecule has 0 aliphatic heterocycles. The highest BCUT2D eigenvalue weighted by molar-refractivity contribution is 5.91. The van der Waals surface area contributed by atoms with Crippen LogP contribution in [0.15, 0.2) is 57.7 Å². The van der Waals surface area contributed by atoms with Gasteiger partial charge in [0, 0.05) is 11.6 Å². The second kappa shape index (κ2) is 6.91. The lowest BCUT2D eigenvalue weighted by atomic mass is 10.2. The first kappa shape index (κ1) is 15.7. The lowest BCUT2D eigenvalue weighted by molar-refractivity contribution is -0.117. The van der Waals surface area contributed by atoms with Crippen LogP contribution in [-0.4, -0.2) is 16.0 Å². The summed E-state index contributed by atoms with van der Waals surface area (Å²) in [5.74, 6) is 0.507. The molecule has 0 spiro atoms. The Hall–Kier alpha value is -3.22. The molecule has 2 heterocycles. The monoisotopic (exact) mass is 327 g/mol. The van der Waals surface area contributed by atoms with Crippen LogP contribution >= 0.6 is 0 Å². The molecule has 2 aromatic heterocycles. The van der Waals surface area contributed by atoms with Gasteiger partial charge in [0.15, 0.2) is 0 Å². The molecule has 1 atom stereocenters. The zero-order chi connectivity index (χ0) is 16.9. The van der Waals surface area contributed by atoms with Gasteiger partial charge in [-0.05, 0) is 49.4 Å². The number of nitrogens with zero attached hydrogens (tertiary/aromatic N) is 2. The van der Waals surface area contributed by atoms with Gasteiger partial charge in [0.2, 0.25) is 17.6 Å². The molecule has 6 nitrogen and oxygen atoms in total. The molecule has 0 saturated heterocycles. The fraction of sp³-hybridized carbons (Fsp3) is 0.118. The molecule has 1 amide bonds. The minimum Gasteiger partial charge on any atom is -0.465 e. The first-order chi connectivity index (χ1) is 11.6. The van der Waals surface area contributed by atoms with Crippen LogP contribution in [-0.2, 0) is 4.79 Å². The highest BCUT2D eigenvalue weighted by Gasteiger charge is 2.16. The summed E-state index contributed by atoms with van der Waals surface area (Å²) in [7, 11) is 0. The molecule has 3 rings (SSSR count). The summed E-state index contributed by atoms with van der Waals surface area (Å²) in [5, 5.41) is 6.55. The zero-order valence-electron chi connectivity index (χ0n) is 12.8. The number of rotatable bonds is 5. The summed E-state index contributed by atoms with van der Waals surface area (Å²) in [5.41, 5.74) is 0.627. The van der Waals surface area contributed by atoms with E-state index in [-0.39, 0.29) is 17.6 Å². The van der Waals surface area contributed by atoms with E-state index in [4.69, 9.17) is 8.94 Å². The number of carbonyl (C=O) groups is 1. The van der Waals surface area contributed by atoms with Crippen molar-refractivity contribution >= 4 is 12.0 Å². The molecule has 3 aromatic rings. The molecule has 0 fully saturated rings. The van der Waals surface area contributed by atoms with Crippen molar-refractivity contribution in [3.8, 4) is 11.4 Å². The van der Waals surface area contributed by atoms with Crippen molar-refractivity contribution in [2.45, 2.75) is 13.0 Å². The molecule has 122 valence electrons. The standard InChI is InChI=1S/C17H14FN3O3/c1-11(19-15(22)9-8-14-3-2-10-23-14)17-20-16(21-24-17)12-4-6-13(18)7-5-12/h2-11H,1H3,(H,19,22)/b9-8+. The third-order valence-electron chi connectivity index (χ3n) is 3.22. The lowest BCUT2D eigenvalue weighted by Crippen LogP contribution is -2.24. The van der Waals surface area contributed by atoms with Crippen LogP contribution in [0, 0.1) is 5.82 Å². The van der Waals surface area contributed by atoms with Crippen molar-refractivity contribution < 1.29 is 18.1 Å². The second-order valence-electron chi connectivity index (χ2n) is 5.04. The van der Waals surface area contributed by atoms with Gasteiger partial charge >= 0.3 is 0 Å². The van der Waals surface area contributed by atoms with E-state index in [0.29, 0.717) is 17.1 Å². The second-order valence-corrected chi connectivity index (χ2v) is 5.04. The van der Waals surface area contributed by atoms with Crippen LogP contribution in [0.4, 0.5) is 4.39 Å². The number of furan rings is 1. The first-order valence-corrected chi connectivity index (χ1v) is 7.23. The Kier molecular flexibility index (Phi) is 4.51. The first-order valence-electron chi connectivity index (χ1n) is 7.23. The summed E-state index contributed by atoms with van der Waals surface area (Å²) in [6, 6.07) is 8.74. The van der Waals surface area contributed by atoms with Crippen LogP contribution in [0.2, 0.25) is 0 Å². The largest absolute Gasteiger partial charge is 0.465 e. The number of benzene rings is 1. The van der Waals surface area contributed by atoms with Gasteiger partial charge in [0.05, 0.1) is 6.26 Å². The Bertz CT molecular complexity index is 838. The van der Waals surface area contributed by atoms with Gasteiger partial charge in [-0.15, -0.1) is 0 Å². The van der Waals surface area contributed by atoms with E-state index < -0.39 is 6.04 Å². The smallest absolute Gasteiger partial charge is 0.249 e. The van der Waals surface area contributed by atoms with E-state index in [0.717, 1.165) is 0 Å². The number of halogens is 1. The number of hydrogen-bond acceptors (Lipinski definition) is 5. The SMILES string of the molecule is CC(NC(=O)/C=C/c1ccco1)c1nc(-c2ccc(F)cc2)no1. The Morgan fingerprint density at radius 2 is 2.08 bits per heavy atom. The molecule has 0 aliphatic rings. The van der Waals surface area contributed by atoms with Crippen molar-refractivity contribution in [3.63, 3.8) is 0 Å². The van der Waals surface area contributed by atoms with Crippen molar-refractivity contribution in [3.05, 3.63) is 66.2 Å². The number of nitrogens with one attached hydrogen (secondary N) is 1. The fourth-order valence-corrected chi connectivity index (χ4v) is 1.99. The van der Waals surface area contributed by atoms with Crippen LogP contribution in [0.1, 0.15) is 24.6 Å². The quantitative estimate of drug-likeness (QED) is 0.727. The number of hydrogen-bond donors (Lipinski definition) is 1. The van der Waals surface area contributed by atoms with Crippen molar-refractivity contribution in [1.29, 1.82) is 0 Å². The molecular formula is C17H14FN3O3. The maximum Gasteiger partial charge on any atom is 0.249 e. The molecule has 1 N–H and O–H groups in total. The van der Waals surface area contributed by atoms with E-state index in [2.05, 4.69) is 15.5 Å². The number of carbonyl (C=O) groups excluding carboxylic acids is 1. The van der Waals surface area contributed by atoms with E-state index in [1.165, 1.54) is 24.5 Å². The molecule has 24 heavy (non-hydrogen) atoms. The highest BCUT2D eigenvalue weighted by atomic mass is 19.1. The Morgan fingerprint density at radius 1 is 1.29 bits per heavy atom. The van der Waals surface area contributed by atoms with Crippen LogP contribution in [0.3, 0.4) is 0 Å². The fourth-order valence-electron chi connectivity index (χ4n) is 1.99. The minimum atomic E-state index is -0.472. The average molecular weight is 327 g/mol. The Balaban J connectivity index is 1.64. The van der Waals surface area contributed by atoms with E-state index in [9.17, 15) is 9.18 Å². The van der Waals surface area contributed by atoms with Crippen molar-refractivity contribution in [1.82, 2.24) is 15.5 Å². The van der Waals surface area contributed by atoms with Gasteiger partial charge in [0.1, 0.15) is 17.6 Å². The Labute approximate surface area is 137 Å². The minimum absolute atomic E-state index is 0.258. The molecule has 1 unspecified atom stereocenters. The molecule has 0 aliphatic carbocycles. The average Bonchev–Trinajstić information content (AvgIpc) is 3.25. The van der Waals surface area contributed by atoms with Crippen LogP contribution in [0.25, 0.3) is 17.5 Å². The molecular weight excluding hydrogens is 313 g/mol. The molecule has 0 saturated carbocycles. The van der Waals surface area contributed by atoms with Crippen molar-refractivity contribution in [2.24, 2.45) is 0 Å². The summed E-state index contributed by atoms with van der Waals surface area (Å²) < 4.78 is 23.2. The zero-order valence-corrected chi connectivity index (χ0v) is 12.8. The highest BCUT2D eigenvalue weighted by Crippen LogP contribution is 2.19. The van der Waals surface area contributed by atoms with Gasteiger partial charge in [-0.3, -0.25) is 4.79 Å². The maximum atomic E-state index is 12.9. The van der Waals surface area contributed by atoms with E-state index in [1.807, 2.05) is 0 Å². The maximum absolute atomic E-state index is 12.9. The summed E-state index contributed by atoms with van der Waals surface area (Å²) >= 11 is 0. The lowest BCUT2D eigenvalue weighted by Gasteiger charge is -2.06. The summed E-state index contributed by atoms with van der Waals surface area (Å²) in [6.07, 6.45) is 4.43. The van der Waals surface area contributed by atoms with Crippen LogP contribution in [0.5, 0.6) is 0 Å². The topological polar surface area (TPSA) is 81.2 Å². The summed E-state index contributed by atoms with van der Waals surface area (Å²) in [4.78, 5) is 16.1. The van der Waals surface area contributed by atoms with E-state index in [1.54, 1.807) is 37.3 Å². The van der Waals surface area contributed by atoms with Gasteiger partial charge < -0.3 is 14.3 Å². The van der Waals surface area contributed by atoms with Gasteiger partial charge in [-0.2, -0.15) is 4.98 Å². The van der Waals surface area contributed by atoms with E-state index >= 15 is 0 Å². The Morgan fingerprint density at radius 3 is 2.79 bits per heavy atom. The van der Waals surface area contributed by atoms with Gasteiger partial charge in [-0.25, -0.2) is 4.39 Å². The number of aromatic nitrogens is 2. The van der Waals surface area contributed by atoms with Gasteiger partial charge in [-0.1, -0.05) is 5.16 Å².